The van der Waals surface area contributed by atoms with E-state index in [2.05, 4.69) is 56.1 Å². The van der Waals surface area contributed by atoms with Crippen molar-refractivity contribution in [2.24, 2.45) is 35.1 Å². The van der Waals surface area contributed by atoms with E-state index in [0.717, 1.165) is 189 Å². The van der Waals surface area contributed by atoms with Crippen molar-refractivity contribution in [2.45, 2.75) is 131 Å². The number of nitrogens with two attached hydrogens (primary N) is 6. The SMILES string of the molecule is COC(=O)C1CCC(c2nc(-c3cc4cccc(-c5ccccc5F)c4[nH]3)c3c(N)ncnn23)CC1.CS(=O)(=O)c1cccc2cc(-c3nc(C4CCC(C(=O)O)CC4)n4ncnc(N)c34)[nH]c12.NC(=O)C1CCC(c2nc(-c3cc4cccc(-c5ccc(F)cc5)c4[nH]3)c3c(N)nccn23)CC1.NC(=O)C1CCC(c2nc(-c3cc4cccc(Cl)c4[nH]3)c3c(N)nccn23)CC1. The number of para-hydroxylation sites is 4. The number of aromatic amines is 4. The van der Waals surface area contributed by atoms with Gasteiger partial charge in [-0.15, -0.1) is 0 Å². The number of esters is 1. The molecule has 18 aromatic rings. The average Bonchev–Trinajstić information content (AvgIpc) is 1.61. The van der Waals surface area contributed by atoms with Crippen molar-refractivity contribution in [1.82, 2.24) is 87.8 Å². The summed E-state index contributed by atoms with van der Waals surface area (Å²) in [6, 6.07) is 43.8. The van der Waals surface area contributed by atoms with Gasteiger partial charge in [0, 0.05) is 105 Å². The molecular formula is C96H93ClF2N24O8S. The van der Waals surface area contributed by atoms with Crippen molar-refractivity contribution >= 4 is 134 Å². The predicted molar refractivity (Wildman–Crippen MR) is 500 cm³/mol. The number of hydrogen-bond donors (Lipinski definition) is 11. The number of carbonyl (C=O) groups excluding carboxylic acids is 3. The molecule has 22 rings (SSSR count). The topological polar surface area (TPSA) is 498 Å². The molecule has 0 bridgehead atoms. The Morgan fingerprint density at radius 1 is 0.439 bits per heavy atom. The van der Waals surface area contributed by atoms with Gasteiger partial charge in [-0.2, -0.15) is 10.2 Å². The molecule has 32 nitrogen and oxygen atoms in total. The molecule has 12 aromatic heterocycles. The summed E-state index contributed by atoms with van der Waals surface area (Å²) in [5.41, 5.74) is 50.9. The lowest BCUT2D eigenvalue weighted by molar-refractivity contribution is -0.146. The van der Waals surface area contributed by atoms with Gasteiger partial charge in [-0.05, 0) is 163 Å². The smallest absolute Gasteiger partial charge is 0.308 e. The Labute approximate surface area is 757 Å². The van der Waals surface area contributed by atoms with Gasteiger partial charge in [0.05, 0.1) is 73.7 Å². The van der Waals surface area contributed by atoms with Crippen LogP contribution < -0.4 is 34.4 Å². The lowest BCUT2D eigenvalue weighted by atomic mass is 9.81. The quantitative estimate of drug-likeness (QED) is 0.0425. The van der Waals surface area contributed by atoms with Crippen LogP contribution >= 0.6 is 11.6 Å². The average molecular weight is 1820 g/mol. The number of hydrogen-bond acceptors (Lipinski definition) is 21. The molecule has 0 radical (unpaired) electrons. The van der Waals surface area contributed by atoms with E-state index in [9.17, 15) is 41.5 Å². The minimum atomic E-state index is -3.43. The fourth-order valence-corrected chi connectivity index (χ4v) is 20.9. The minimum absolute atomic E-state index is 0.0390. The first kappa shape index (κ1) is 86.4. The second kappa shape index (κ2) is 35.5. The van der Waals surface area contributed by atoms with E-state index in [1.54, 1.807) is 57.8 Å². The number of ether oxygens (including phenoxy) is 1. The molecule has 36 heteroatoms. The zero-order valence-electron chi connectivity index (χ0n) is 71.8. The van der Waals surface area contributed by atoms with Crippen LogP contribution in [0.15, 0.2) is 188 Å². The Bertz CT molecular complexity index is 7650. The highest BCUT2D eigenvalue weighted by molar-refractivity contribution is 7.91. The van der Waals surface area contributed by atoms with Crippen molar-refractivity contribution in [2.75, 3.05) is 36.3 Å². The van der Waals surface area contributed by atoms with E-state index >= 15 is 0 Å². The standard InChI is InChI=1S/C27H25FN6O2.C27H25FN6O.C21H21ClN6O.C21H22N6O4S/c1-36-27(35)16-11-9-15(10-12-16)26-33-23(24-25(29)30-14-31-34(24)26)21-13-17-5-4-7-19(22(17)32-21)18-6-2-3-8-20(18)28;28-19-10-8-15(9-11-19)20-3-1-2-18-14-21(32-22(18)20)23-24-25(29)31-12-13-34(24)27(33-23)17-6-4-16(5-7-17)26(30)35;22-14-3-1-2-13-10-15(26-16(13)14)17-18-19(23)25-8-9-28(18)21(27-17)12-6-4-11(5-7-12)20(24)29;1-32(30,31)15-4-2-3-13-9-14(25-16(13)15)17-18-19(22)23-10-24-27(18)20(26-17)11-5-7-12(8-6-11)21(28)29/h2-8,13-16,32H,9-12H2,1H3,(H2,29,30,31);1-3,8-14,16-17,32H,4-7H2,(H2,29,31)(H2,30,35);1-3,8-12,26H,4-7H2,(H2,23,25)(H2,24,29);2-4,9-12,25H,5-8H2,1H3,(H,28,29)(H2,22,23,24). The van der Waals surface area contributed by atoms with E-state index in [-0.39, 0.29) is 87.5 Å². The Kier molecular flexibility index (Phi) is 23.2. The predicted octanol–water partition coefficient (Wildman–Crippen LogP) is 16.6. The molecule has 0 atom stereocenters. The van der Waals surface area contributed by atoms with Crippen molar-refractivity contribution in [3.05, 3.63) is 223 Å². The number of nitrogens with zero attached hydrogens (tertiary/aromatic N) is 14. The summed E-state index contributed by atoms with van der Waals surface area (Å²) >= 11 is 6.34. The molecule has 17 N–H and O–H groups in total. The number of sulfone groups is 1. The highest BCUT2D eigenvalue weighted by atomic mass is 35.5. The normalized spacial score (nSPS) is 18.9. The first-order chi connectivity index (χ1) is 63.8. The van der Waals surface area contributed by atoms with Crippen LogP contribution in [-0.4, -0.2) is 138 Å². The van der Waals surface area contributed by atoms with E-state index in [0.29, 0.717) is 93.2 Å². The number of aromatic nitrogens is 18. The van der Waals surface area contributed by atoms with E-state index in [1.807, 2.05) is 106 Å². The summed E-state index contributed by atoms with van der Waals surface area (Å²) in [5.74, 6) is 2.97. The number of nitrogen functional groups attached to an aromatic ring is 4. The van der Waals surface area contributed by atoms with Crippen LogP contribution in [-0.2, 0) is 33.8 Å². The number of rotatable bonds is 15. The molecule has 4 aliphatic carbocycles. The molecule has 672 valence electrons. The van der Waals surface area contributed by atoms with Gasteiger partial charge in [0.25, 0.3) is 0 Å². The number of halogens is 3. The number of benzene rings is 6. The number of H-pyrrole nitrogens is 4. The Hall–Kier alpha value is -15.0. The first-order valence-electron chi connectivity index (χ1n) is 43.8. The van der Waals surface area contributed by atoms with Crippen LogP contribution in [0.1, 0.15) is 150 Å². The van der Waals surface area contributed by atoms with Gasteiger partial charge in [-0.3, -0.25) is 28.0 Å². The van der Waals surface area contributed by atoms with Crippen LogP contribution in [0.3, 0.4) is 0 Å². The lowest BCUT2D eigenvalue weighted by Gasteiger charge is -2.25. The highest BCUT2D eigenvalue weighted by Gasteiger charge is 2.37. The molecule has 4 fully saturated rings. The molecule has 0 aliphatic heterocycles. The molecule has 4 aliphatic rings. The zero-order chi connectivity index (χ0) is 91.7. The fraction of sp³-hybridized carbons (Fsp3) is 0.271. The lowest BCUT2D eigenvalue weighted by Crippen LogP contribution is -2.27. The van der Waals surface area contributed by atoms with Gasteiger partial charge in [0.2, 0.25) is 11.8 Å². The number of amides is 2. The van der Waals surface area contributed by atoms with Gasteiger partial charge in [0.15, 0.2) is 21.5 Å². The Morgan fingerprint density at radius 3 is 1.27 bits per heavy atom. The Morgan fingerprint density at radius 2 is 0.818 bits per heavy atom. The van der Waals surface area contributed by atoms with Gasteiger partial charge in [-0.1, -0.05) is 103 Å². The number of aliphatic carboxylic acids is 1. The molecule has 12 heterocycles. The first-order valence-corrected chi connectivity index (χ1v) is 46.0. The number of nitrogens with one attached hydrogen (secondary N) is 4. The maximum Gasteiger partial charge on any atom is 0.308 e. The fourth-order valence-electron chi connectivity index (χ4n) is 19.8. The summed E-state index contributed by atoms with van der Waals surface area (Å²) in [6.07, 6.45) is 23.2. The van der Waals surface area contributed by atoms with E-state index in [1.165, 1.54) is 44.2 Å². The molecule has 4 saturated carbocycles. The van der Waals surface area contributed by atoms with E-state index in [4.69, 9.17) is 70.7 Å². The molecule has 0 unspecified atom stereocenters. The third kappa shape index (κ3) is 16.4. The number of carboxylic acid groups (broad SMARTS) is 1. The third-order valence-electron chi connectivity index (χ3n) is 26.5. The number of carbonyl (C=O) groups is 4. The van der Waals surface area contributed by atoms with Crippen LogP contribution in [0, 0.1) is 35.3 Å². The van der Waals surface area contributed by atoms with Crippen molar-refractivity contribution in [1.29, 1.82) is 0 Å². The van der Waals surface area contributed by atoms with Gasteiger partial charge < -0.3 is 64.2 Å². The summed E-state index contributed by atoms with van der Waals surface area (Å²) in [7, 11) is -2.00. The van der Waals surface area contributed by atoms with Crippen molar-refractivity contribution in [3.63, 3.8) is 0 Å². The minimum Gasteiger partial charge on any atom is -0.481 e. The number of methoxy groups -OCH3 is 1. The number of anilines is 4. The number of fused-ring (bicyclic) bond motifs is 8. The van der Waals surface area contributed by atoms with Crippen LogP contribution in [0.25, 0.3) is 133 Å². The molecule has 6 aromatic carbocycles. The zero-order valence-corrected chi connectivity index (χ0v) is 73.4. The second-order valence-electron chi connectivity index (χ2n) is 34.5. The van der Waals surface area contributed by atoms with Crippen molar-refractivity contribution < 1.29 is 46.2 Å². The monoisotopic (exact) mass is 1810 g/mol. The summed E-state index contributed by atoms with van der Waals surface area (Å²) in [6.45, 7) is 0. The maximum absolute atomic E-state index is 14.6. The molecule has 0 saturated heterocycles. The molecular weight excluding hydrogens is 1720 g/mol. The van der Waals surface area contributed by atoms with Crippen LogP contribution in [0.4, 0.5) is 32.1 Å². The van der Waals surface area contributed by atoms with Gasteiger partial charge >= 0.3 is 11.9 Å². The third-order valence-corrected chi connectivity index (χ3v) is 28.0. The highest BCUT2D eigenvalue weighted by Crippen LogP contribution is 2.46. The molecule has 0 spiro atoms. The summed E-state index contributed by atoms with van der Waals surface area (Å²) in [4.78, 5) is 97.1. The van der Waals surface area contributed by atoms with E-state index < -0.39 is 15.8 Å². The summed E-state index contributed by atoms with van der Waals surface area (Å²) < 4.78 is 65.0. The summed E-state index contributed by atoms with van der Waals surface area (Å²) in [5, 5.41) is 22.5. The second-order valence-corrected chi connectivity index (χ2v) is 36.9. The number of imidazole rings is 4. The van der Waals surface area contributed by atoms with Gasteiger partial charge in [-0.25, -0.2) is 66.1 Å². The number of primary amides is 2. The molecule has 132 heavy (non-hydrogen) atoms. The number of carboxylic acids is 1. The Balaban J connectivity index is 0.000000114. The van der Waals surface area contributed by atoms with Gasteiger partial charge in [0.1, 0.15) is 104 Å². The molecule has 2 amide bonds. The van der Waals surface area contributed by atoms with Crippen LogP contribution in [0.5, 0.6) is 0 Å². The largest absolute Gasteiger partial charge is 0.481 e. The maximum atomic E-state index is 14.6. The van der Waals surface area contributed by atoms with Crippen molar-refractivity contribution in [3.8, 4) is 67.8 Å². The van der Waals surface area contributed by atoms with Crippen LogP contribution in [0.2, 0.25) is 5.02 Å².